The molecule has 25 heavy (non-hydrogen) atoms. The van der Waals surface area contributed by atoms with E-state index in [0.717, 1.165) is 0 Å². The molecule has 0 unspecified atom stereocenters. The molecular weight excluding hydrogens is 322 g/mol. The number of benzene rings is 2. The van der Waals surface area contributed by atoms with Gasteiger partial charge in [-0.05, 0) is 30.7 Å². The summed E-state index contributed by atoms with van der Waals surface area (Å²) in [6.07, 6.45) is 1.31. The van der Waals surface area contributed by atoms with Crippen molar-refractivity contribution < 1.29 is 14.5 Å². The molecule has 0 saturated heterocycles. The molecule has 0 aliphatic rings. The van der Waals surface area contributed by atoms with Crippen LogP contribution in [0.5, 0.6) is 0 Å². The van der Waals surface area contributed by atoms with Crippen LogP contribution in [0.25, 0.3) is 0 Å². The van der Waals surface area contributed by atoms with Gasteiger partial charge in [-0.3, -0.25) is 19.7 Å². The highest BCUT2D eigenvalue weighted by Gasteiger charge is 2.14. The molecule has 2 aromatic carbocycles. The minimum Gasteiger partial charge on any atom is -0.347 e. The molecule has 0 aliphatic carbocycles. The van der Waals surface area contributed by atoms with Crippen LogP contribution in [0.15, 0.2) is 48.5 Å². The third-order valence-corrected chi connectivity index (χ3v) is 3.34. The van der Waals surface area contributed by atoms with E-state index in [1.165, 1.54) is 24.3 Å². The normalized spacial score (nSPS) is 10.1. The van der Waals surface area contributed by atoms with Gasteiger partial charge in [-0.15, -0.1) is 0 Å². The van der Waals surface area contributed by atoms with E-state index in [0.29, 0.717) is 24.1 Å². The third kappa shape index (κ3) is 4.87. The summed E-state index contributed by atoms with van der Waals surface area (Å²) in [7, 11) is 0. The van der Waals surface area contributed by atoms with Crippen LogP contribution in [0.4, 0.5) is 11.4 Å². The highest BCUT2D eigenvalue weighted by Crippen LogP contribution is 2.18. The average molecular weight is 339 g/mol. The number of carbonyl (C=O) groups is 2. The maximum absolute atomic E-state index is 12.3. The predicted octanol–water partition coefficient (Wildman–Crippen LogP) is 3.35. The molecule has 0 aliphatic heterocycles. The highest BCUT2D eigenvalue weighted by atomic mass is 16.6. The van der Waals surface area contributed by atoms with Gasteiger partial charge in [-0.25, -0.2) is 0 Å². The van der Waals surface area contributed by atoms with Crippen LogP contribution in [0.1, 0.15) is 33.6 Å². The Bertz CT molecular complexity index is 772. The number of hydrogen-bond acceptors (Lipinski definition) is 4. The van der Waals surface area contributed by atoms with Crippen molar-refractivity contribution in [3.8, 4) is 0 Å². The first-order chi connectivity index (χ1) is 12.0. The second-order valence-corrected chi connectivity index (χ2v) is 5.12. The van der Waals surface area contributed by atoms with E-state index < -0.39 is 10.8 Å². The van der Waals surface area contributed by atoms with Crippen LogP contribution in [-0.4, -0.2) is 16.7 Å². The Morgan fingerprint density at radius 1 is 1.08 bits per heavy atom. The lowest BCUT2D eigenvalue weighted by Gasteiger charge is -2.11. The van der Waals surface area contributed by atoms with Crippen molar-refractivity contribution in [3.05, 3.63) is 83.2 Å². The predicted molar refractivity (Wildman–Crippen MR) is 93.8 cm³/mol. The minimum absolute atomic E-state index is 0.0997. The highest BCUT2D eigenvalue weighted by molar-refractivity contribution is 6.09. The summed E-state index contributed by atoms with van der Waals surface area (Å²) in [6.45, 7) is 5.30. The molecule has 0 atom stereocenters. The summed E-state index contributed by atoms with van der Waals surface area (Å²) in [4.78, 5) is 34.6. The molecule has 0 aromatic heterocycles. The van der Waals surface area contributed by atoms with Gasteiger partial charge in [-0.2, -0.15) is 0 Å². The van der Waals surface area contributed by atoms with Crippen molar-refractivity contribution in [1.82, 2.24) is 5.32 Å². The Labute approximate surface area is 145 Å². The lowest BCUT2D eigenvalue weighted by molar-refractivity contribution is -0.384. The molecular formula is C18H17N3O4. The van der Waals surface area contributed by atoms with Crippen molar-refractivity contribution in [2.75, 3.05) is 5.32 Å². The Hall–Kier alpha value is -3.22. The molecule has 2 N–H and O–H groups in total. The zero-order valence-electron chi connectivity index (χ0n) is 13.4. The molecule has 0 heterocycles. The number of nitrogens with one attached hydrogen (secondary N) is 2. The van der Waals surface area contributed by atoms with E-state index in [9.17, 15) is 19.7 Å². The Balaban J connectivity index is 2.12. The van der Waals surface area contributed by atoms with E-state index >= 15 is 0 Å². The first-order valence-corrected chi connectivity index (χ1v) is 7.59. The quantitative estimate of drug-likeness (QED) is 0.459. The number of amides is 2. The van der Waals surface area contributed by atoms with Gasteiger partial charge in [0, 0.05) is 24.2 Å². The number of nitro groups is 1. The van der Waals surface area contributed by atoms with Crippen molar-refractivity contribution in [3.63, 3.8) is 0 Å². The van der Waals surface area contributed by atoms with Gasteiger partial charge in [0.15, 0.2) is 0 Å². The summed E-state index contributed by atoms with van der Waals surface area (Å²) in [5.74, 6) is -0.801. The van der Waals surface area contributed by atoms with Crippen molar-refractivity contribution in [2.45, 2.75) is 12.8 Å². The van der Waals surface area contributed by atoms with E-state index in [1.54, 1.807) is 30.8 Å². The van der Waals surface area contributed by atoms with Crippen LogP contribution in [0.3, 0.4) is 0 Å². The summed E-state index contributed by atoms with van der Waals surface area (Å²) < 4.78 is 0. The molecule has 0 fully saturated rings. The summed E-state index contributed by atoms with van der Waals surface area (Å²) in [5, 5.41) is 15.9. The lowest BCUT2D eigenvalue weighted by atomic mass is 10.1. The van der Waals surface area contributed by atoms with E-state index in [-0.39, 0.29) is 17.2 Å². The minimum atomic E-state index is -0.538. The van der Waals surface area contributed by atoms with E-state index in [1.807, 2.05) is 0 Å². The fraction of sp³-hybridized carbons (Fsp3) is 0.111. The van der Waals surface area contributed by atoms with Gasteiger partial charge in [0.25, 0.3) is 17.5 Å². The van der Waals surface area contributed by atoms with Crippen molar-refractivity contribution in [2.24, 2.45) is 0 Å². The molecule has 0 spiro atoms. The number of unbranched alkanes of at least 4 members (excludes halogenated alkanes) is 1. The zero-order valence-corrected chi connectivity index (χ0v) is 13.4. The standard InChI is InChI=1S/C18H17N3O4/c1-2-3-12-19-18(23)15-6-4-5-7-16(15)20-17(22)13-8-10-14(11-9-13)21(24)25/h4-12H,1-3H2,(H,19,23)(H,20,22). The smallest absolute Gasteiger partial charge is 0.269 e. The molecule has 7 nitrogen and oxygen atoms in total. The SMILES string of the molecule is [CH2]CC[CH]NC(=O)c1ccccc1NC(=O)c1ccc([N+](=O)[O-])cc1. The number of carbonyl (C=O) groups excluding carboxylic acids is 2. The van der Waals surface area contributed by atoms with Gasteiger partial charge in [0.05, 0.1) is 16.2 Å². The number of hydrogen-bond donors (Lipinski definition) is 2. The second-order valence-electron chi connectivity index (χ2n) is 5.12. The molecule has 128 valence electrons. The molecule has 2 amide bonds. The first-order valence-electron chi connectivity index (χ1n) is 7.59. The second kappa shape index (κ2) is 8.58. The summed E-state index contributed by atoms with van der Waals surface area (Å²) in [5.41, 5.74) is 0.825. The lowest BCUT2D eigenvalue weighted by Crippen LogP contribution is -2.23. The zero-order chi connectivity index (χ0) is 18.2. The van der Waals surface area contributed by atoms with Crippen molar-refractivity contribution in [1.29, 1.82) is 0 Å². The van der Waals surface area contributed by atoms with Crippen LogP contribution < -0.4 is 10.6 Å². The molecule has 2 aromatic rings. The number of nitrogens with zero attached hydrogens (tertiary/aromatic N) is 1. The Kier molecular flexibility index (Phi) is 6.22. The summed E-state index contributed by atoms with van der Waals surface area (Å²) >= 11 is 0. The van der Waals surface area contributed by atoms with Crippen LogP contribution in [0, 0.1) is 23.6 Å². The van der Waals surface area contributed by atoms with Crippen LogP contribution in [0.2, 0.25) is 0 Å². The third-order valence-electron chi connectivity index (χ3n) is 3.34. The maximum Gasteiger partial charge on any atom is 0.269 e. The molecule has 0 saturated carbocycles. The first kappa shape index (κ1) is 18.1. The van der Waals surface area contributed by atoms with Crippen molar-refractivity contribution >= 4 is 23.2 Å². The molecule has 0 bridgehead atoms. The van der Waals surface area contributed by atoms with E-state index in [2.05, 4.69) is 17.6 Å². The average Bonchev–Trinajstić information content (AvgIpc) is 2.62. The van der Waals surface area contributed by atoms with Gasteiger partial charge in [0.2, 0.25) is 0 Å². The fourth-order valence-electron chi connectivity index (χ4n) is 2.06. The number of anilines is 1. The van der Waals surface area contributed by atoms with Crippen LogP contribution in [-0.2, 0) is 0 Å². The molecule has 7 heteroatoms. The Morgan fingerprint density at radius 3 is 2.40 bits per heavy atom. The Morgan fingerprint density at radius 2 is 1.76 bits per heavy atom. The van der Waals surface area contributed by atoms with Gasteiger partial charge < -0.3 is 10.6 Å². The molecule has 2 rings (SSSR count). The number of para-hydroxylation sites is 1. The number of rotatable bonds is 7. The van der Waals surface area contributed by atoms with Gasteiger partial charge in [0.1, 0.15) is 0 Å². The topological polar surface area (TPSA) is 101 Å². The number of non-ortho nitro benzene ring substituents is 1. The maximum atomic E-state index is 12.3. The van der Waals surface area contributed by atoms with E-state index in [4.69, 9.17) is 0 Å². The van der Waals surface area contributed by atoms with Gasteiger partial charge >= 0.3 is 0 Å². The molecule has 2 radical (unpaired) electrons. The van der Waals surface area contributed by atoms with Gasteiger partial charge in [-0.1, -0.05) is 25.5 Å². The largest absolute Gasteiger partial charge is 0.347 e. The van der Waals surface area contributed by atoms with Crippen LogP contribution >= 0.6 is 0 Å². The number of nitro benzene ring substituents is 1. The monoisotopic (exact) mass is 339 g/mol. The fourth-order valence-corrected chi connectivity index (χ4v) is 2.06. The summed E-state index contributed by atoms with van der Waals surface area (Å²) in [6, 6.07) is 11.8.